The van der Waals surface area contributed by atoms with E-state index in [1.807, 2.05) is 37.2 Å². The summed E-state index contributed by atoms with van der Waals surface area (Å²) in [4.78, 5) is 14.5. The van der Waals surface area contributed by atoms with E-state index in [4.69, 9.17) is 0 Å². The fraction of sp³-hybridized carbons (Fsp3) is 0.130. The molecule has 7 nitrogen and oxygen atoms in total. The van der Waals surface area contributed by atoms with Gasteiger partial charge >= 0.3 is 0 Å². The summed E-state index contributed by atoms with van der Waals surface area (Å²) < 4.78 is 41.5. The number of hydrogen-bond donors (Lipinski definition) is 1. The Bertz CT molecular complexity index is 1250. The maximum atomic E-state index is 13.4. The van der Waals surface area contributed by atoms with Crippen molar-refractivity contribution >= 4 is 49.4 Å². The first kappa shape index (κ1) is 24.4. The van der Waals surface area contributed by atoms with Crippen LogP contribution < -0.4 is 14.6 Å². The van der Waals surface area contributed by atoms with Crippen LogP contribution in [0.2, 0.25) is 0 Å². The highest BCUT2D eigenvalue weighted by Gasteiger charge is 2.27. The normalized spacial score (nSPS) is 11.4. The second-order valence-electron chi connectivity index (χ2n) is 7.20. The Balaban J connectivity index is 1.79. The van der Waals surface area contributed by atoms with Crippen molar-refractivity contribution in [3.8, 4) is 0 Å². The number of benzene rings is 3. The molecule has 172 valence electrons. The number of carbonyl (C=O) groups is 1. The predicted molar refractivity (Wildman–Crippen MR) is 132 cm³/mol. The first-order valence-electron chi connectivity index (χ1n) is 9.80. The molecule has 0 fully saturated rings. The molecule has 0 aromatic heterocycles. The second-order valence-corrected chi connectivity index (χ2v) is 9.92. The highest BCUT2D eigenvalue weighted by molar-refractivity contribution is 9.10. The summed E-state index contributed by atoms with van der Waals surface area (Å²) in [6.45, 7) is -0.538. The van der Waals surface area contributed by atoms with Crippen molar-refractivity contribution < 1.29 is 17.6 Å². The van der Waals surface area contributed by atoms with Crippen molar-refractivity contribution in [3.63, 3.8) is 0 Å². The molecule has 0 aliphatic rings. The van der Waals surface area contributed by atoms with Gasteiger partial charge < -0.3 is 4.90 Å². The molecule has 10 heteroatoms. The predicted octanol–water partition coefficient (Wildman–Crippen LogP) is 4.00. The molecule has 0 saturated carbocycles. The van der Waals surface area contributed by atoms with Crippen molar-refractivity contribution in [2.75, 3.05) is 29.8 Å². The summed E-state index contributed by atoms with van der Waals surface area (Å²) in [5.41, 5.74) is 4.22. The Morgan fingerprint density at radius 3 is 2.33 bits per heavy atom. The van der Waals surface area contributed by atoms with Crippen molar-refractivity contribution in [1.82, 2.24) is 5.43 Å². The van der Waals surface area contributed by atoms with Crippen LogP contribution >= 0.6 is 15.9 Å². The lowest BCUT2D eigenvalue weighted by Gasteiger charge is -2.23. The molecule has 0 heterocycles. The van der Waals surface area contributed by atoms with Gasteiger partial charge in [0.05, 0.1) is 22.5 Å². The quantitative estimate of drug-likeness (QED) is 0.351. The fourth-order valence-corrected chi connectivity index (χ4v) is 5.15. The number of rotatable bonds is 8. The lowest BCUT2D eigenvalue weighted by atomic mass is 10.2. The molecule has 0 aliphatic heterocycles. The lowest BCUT2D eigenvalue weighted by molar-refractivity contribution is -0.119. The van der Waals surface area contributed by atoms with Gasteiger partial charge in [-0.25, -0.2) is 18.2 Å². The number of nitrogens with one attached hydrogen (secondary N) is 1. The summed E-state index contributed by atoms with van der Waals surface area (Å²) in [5.74, 6) is -1.17. The van der Waals surface area contributed by atoms with Gasteiger partial charge in [-0.05, 0) is 70.0 Å². The van der Waals surface area contributed by atoms with E-state index in [0.29, 0.717) is 0 Å². The van der Waals surface area contributed by atoms with Gasteiger partial charge in [-0.1, -0.05) is 24.3 Å². The van der Waals surface area contributed by atoms with Gasteiger partial charge in [-0.2, -0.15) is 5.10 Å². The summed E-state index contributed by atoms with van der Waals surface area (Å²) in [5, 5.41) is 3.93. The zero-order valence-corrected chi connectivity index (χ0v) is 20.3. The van der Waals surface area contributed by atoms with Crippen molar-refractivity contribution in [3.05, 3.63) is 88.6 Å². The molecule has 33 heavy (non-hydrogen) atoms. The minimum atomic E-state index is -4.07. The molecular formula is C23H22BrFN4O3S. The molecule has 3 rings (SSSR count). The Morgan fingerprint density at radius 2 is 1.73 bits per heavy atom. The number of nitrogens with zero attached hydrogens (tertiary/aromatic N) is 3. The zero-order valence-electron chi connectivity index (χ0n) is 17.9. The molecule has 0 radical (unpaired) electrons. The molecule has 0 unspecified atom stereocenters. The van der Waals surface area contributed by atoms with Crippen molar-refractivity contribution in [1.29, 1.82) is 0 Å². The van der Waals surface area contributed by atoms with E-state index in [0.717, 1.165) is 32.2 Å². The summed E-state index contributed by atoms with van der Waals surface area (Å²) in [6.07, 6.45) is 1.45. The van der Waals surface area contributed by atoms with Gasteiger partial charge in [0.1, 0.15) is 12.4 Å². The fourth-order valence-electron chi connectivity index (χ4n) is 2.95. The number of halogens is 2. The first-order chi connectivity index (χ1) is 15.7. The van der Waals surface area contributed by atoms with Gasteiger partial charge in [0.2, 0.25) is 0 Å². The van der Waals surface area contributed by atoms with Crippen LogP contribution in [0.3, 0.4) is 0 Å². The first-order valence-corrected chi connectivity index (χ1v) is 12.0. The molecular weight excluding hydrogens is 511 g/mol. The van der Waals surface area contributed by atoms with E-state index < -0.39 is 28.3 Å². The molecule has 1 amide bonds. The number of hydrazone groups is 1. The smallest absolute Gasteiger partial charge is 0.264 e. The Labute approximate surface area is 200 Å². The SMILES string of the molecule is CN(C)c1ccc(/C=N\NC(=O)CN(c2ccc(F)cc2)S(=O)(=O)c2ccccc2)cc1Br. The number of carbonyl (C=O) groups excluding carboxylic acids is 1. The van der Waals surface area contributed by atoms with Gasteiger partial charge in [0, 0.05) is 18.6 Å². The monoisotopic (exact) mass is 532 g/mol. The van der Waals surface area contributed by atoms with E-state index in [2.05, 4.69) is 26.5 Å². The van der Waals surface area contributed by atoms with E-state index in [1.54, 1.807) is 18.2 Å². The average molecular weight is 533 g/mol. The molecule has 1 N–H and O–H groups in total. The van der Waals surface area contributed by atoms with Crippen LogP contribution in [0.25, 0.3) is 0 Å². The summed E-state index contributed by atoms with van der Waals surface area (Å²) in [6, 6.07) is 18.2. The minimum absolute atomic E-state index is 0.0106. The Morgan fingerprint density at radius 1 is 1.06 bits per heavy atom. The molecule has 3 aromatic carbocycles. The number of anilines is 2. The second kappa shape index (κ2) is 10.6. The Kier molecular flexibility index (Phi) is 7.83. The Hall–Kier alpha value is -3.24. The summed E-state index contributed by atoms with van der Waals surface area (Å²) in [7, 11) is -0.228. The average Bonchev–Trinajstić information content (AvgIpc) is 2.78. The molecule has 0 bridgehead atoms. The molecule has 0 saturated heterocycles. The number of amides is 1. The van der Waals surface area contributed by atoms with Crippen LogP contribution in [0.5, 0.6) is 0 Å². The van der Waals surface area contributed by atoms with Crippen LogP contribution in [0.4, 0.5) is 15.8 Å². The number of sulfonamides is 1. The van der Waals surface area contributed by atoms with Crippen LogP contribution in [0.15, 0.2) is 87.3 Å². The van der Waals surface area contributed by atoms with E-state index in [1.165, 1.54) is 30.5 Å². The van der Waals surface area contributed by atoms with Gasteiger partial charge in [-0.3, -0.25) is 9.10 Å². The van der Waals surface area contributed by atoms with E-state index in [-0.39, 0.29) is 10.6 Å². The maximum Gasteiger partial charge on any atom is 0.264 e. The van der Waals surface area contributed by atoms with Gasteiger partial charge in [0.25, 0.3) is 15.9 Å². The molecule has 0 spiro atoms. The van der Waals surface area contributed by atoms with Crippen LogP contribution in [-0.4, -0.2) is 41.2 Å². The van der Waals surface area contributed by atoms with Crippen molar-refractivity contribution in [2.45, 2.75) is 4.90 Å². The summed E-state index contributed by atoms with van der Waals surface area (Å²) >= 11 is 3.49. The number of hydrogen-bond acceptors (Lipinski definition) is 5. The highest BCUT2D eigenvalue weighted by atomic mass is 79.9. The molecule has 0 atom stereocenters. The van der Waals surface area contributed by atoms with Crippen LogP contribution in [0, 0.1) is 5.82 Å². The molecule has 3 aromatic rings. The highest BCUT2D eigenvalue weighted by Crippen LogP contribution is 2.25. The van der Waals surface area contributed by atoms with E-state index >= 15 is 0 Å². The third-order valence-corrected chi connectivity index (χ3v) is 7.01. The molecule has 0 aliphatic carbocycles. The van der Waals surface area contributed by atoms with Crippen LogP contribution in [0.1, 0.15) is 5.56 Å². The van der Waals surface area contributed by atoms with Crippen LogP contribution in [-0.2, 0) is 14.8 Å². The maximum absolute atomic E-state index is 13.4. The van der Waals surface area contributed by atoms with E-state index in [9.17, 15) is 17.6 Å². The minimum Gasteiger partial charge on any atom is -0.377 e. The third-order valence-electron chi connectivity index (χ3n) is 4.59. The lowest BCUT2D eigenvalue weighted by Crippen LogP contribution is -2.39. The van der Waals surface area contributed by atoms with Gasteiger partial charge in [0.15, 0.2) is 0 Å². The zero-order chi connectivity index (χ0) is 24.0. The standard InChI is InChI=1S/C23H22BrFN4O3S/c1-28(2)22-13-8-17(14-21(22)24)15-26-27-23(30)16-29(19-11-9-18(25)10-12-19)33(31,32)20-6-4-3-5-7-20/h3-15H,16H2,1-2H3,(H,27,30)/b26-15-. The van der Waals surface area contributed by atoms with Gasteiger partial charge in [-0.15, -0.1) is 0 Å². The largest absolute Gasteiger partial charge is 0.377 e. The van der Waals surface area contributed by atoms with Crippen molar-refractivity contribution in [2.24, 2.45) is 5.10 Å². The topological polar surface area (TPSA) is 82.1 Å². The third kappa shape index (κ3) is 6.17.